The van der Waals surface area contributed by atoms with E-state index in [2.05, 4.69) is 4.40 Å². The lowest BCUT2D eigenvalue weighted by atomic mass is 10.2. The first-order chi connectivity index (χ1) is 11.0. The maximum absolute atomic E-state index is 12.5. The van der Waals surface area contributed by atoms with Crippen LogP contribution in [0.1, 0.15) is 39.5 Å². The second-order valence-electron chi connectivity index (χ2n) is 5.39. The molecule has 126 valence electrons. The van der Waals surface area contributed by atoms with Crippen molar-refractivity contribution in [2.45, 2.75) is 44.8 Å². The number of amides is 1. The monoisotopic (exact) mass is 354 g/mol. The minimum absolute atomic E-state index is 0.0263. The van der Waals surface area contributed by atoms with Gasteiger partial charge in [0.2, 0.25) is 5.91 Å². The quantitative estimate of drug-likeness (QED) is 0.704. The molecular formula is C16H22N2O3S2. The first-order valence-electron chi connectivity index (χ1n) is 7.86. The van der Waals surface area contributed by atoms with Gasteiger partial charge in [-0.3, -0.25) is 9.69 Å². The maximum Gasteiger partial charge on any atom is 0.255 e. The van der Waals surface area contributed by atoms with Gasteiger partial charge >= 0.3 is 0 Å². The van der Waals surface area contributed by atoms with E-state index in [1.54, 1.807) is 12.1 Å². The van der Waals surface area contributed by atoms with Crippen LogP contribution in [0.2, 0.25) is 0 Å². The Balaban J connectivity index is 2.30. The second-order valence-corrected chi connectivity index (χ2v) is 8.32. The van der Waals surface area contributed by atoms with Crippen LogP contribution in [0.3, 0.4) is 0 Å². The summed E-state index contributed by atoms with van der Waals surface area (Å²) in [7, 11) is -3.56. The number of carbonyl (C=O) groups is 1. The fourth-order valence-electron chi connectivity index (χ4n) is 2.30. The SMILES string of the molecule is CCCCCS(=O)(=O)N=C1S[C@H](CC)C(=O)N1c1ccccc1. The third kappa shape index (κ3) is 4.57. The smallest absolute Gasteiger partial charge is 0.255 e. The molecule has 7 heteroatoms. The van der Waals surface area contributed by atoms with Gasteiger partial charge in [0.05, 0.1) is 16.7 Å². The van der Waals surface area contributed by atoms with Gasteiger partial charge in [-0.2, -0.15) is 0 Å². The summed E-state index contributed by atoms with van der Waals surface area (Å²) in [5.41, 5.74) is 0.656. The molecule has 2 rings (SSSR count). The van der Waals surface area contributed by atoms with Crippen LogP contribution < -0.4 is 4.90 Å². The van der Waals surface area contributed by atoms with Crippen molar-refractivity contribution < 1.29 is 13.2 Å². The van der Waals surface area contributed by atoms with Crippen molar-refractivity contribution in [2.75, 3.05) is 10.7 Å². The lowest BCUT2D eigenvalue weighted by molar-refractivity contribution is -0.116. The van der Waals surface area contributed by atoms with E-state index < -0.39 is 10.0 Å². The van der Waals surface area contributed by atoms with Gasteiger partial charge < -0.3 is 0 Å². The summed E-state index contributed by atoms with van der Waals surface area (Å²) < 4.78 is 28.3. The van der Waals surface area contributed by atoms with Crippen LogP contribution >= 0.6 is 11.8 Å². The molecule has 1 aliphatic rings. The van der Waals surface area contributed by atoms with Gasteiger partial charge in [-0.15, -0.1) is 4.40 Å². The highest BCUT2D eigenvalue weighted by Crippen LogP contribution is 2.33. The van der Waals surface area contributed by atoms with E-state index in [0.29, 0.717) is 18.5 Å². The molecule has 5 nitrogen and oxygen atoms in total. The number of unbranched alkanes of at least 4 members (excludes halogenated alkanes) is 2. The van der Waals surface area contributed by atoms with Gasteiger partial charge in [-0.1, -0.05) is 56.7 Å². The standard InChI is InChI=1S/C16H22N2O3S2/c1-3-5-9-12-23(20,21)17-16-18(13-10-7-6-8-11-13)15(19)14(4-2)22-16/h6-8,10-11,14H,3-5,9,12H2,1-2H3/t14-/m1/s1. The van der Waals surface area contributed by atoms with E-state index in [1.165, 1.54) is 16.7 Å². The Morgan fingerprint density at radius 3 is 2.48 bits per heavy atom. The predicted molar refractivity (Wildman–Crippen MR) is 96.3 cm³/mol. The maximum atomic E-state index is 12.5. The molecule has 1 fully saturated rings. The van der Waals surface area contributed by atoms with Crippen LogP contribution in [0.25, 0.3) is 0 Å². The van der Waals surface area contributed by atoms with E-state index in [-0.39, 0.29) is 22.1 Å². The van der Waals surface area contributed by atoms with E-state index >= 15 is 0 Å². The number of benzene rings is 1. The molecule has 0 N–H and O–H groups in total. The lowest BCUT2D eigenvalue weighted by Gasteiger charge is -2.16. The summed E-state index contributed by atoms with van der Waals surface area (Å²) in [6, 6.07) is 9.07. The molecule has 1 atom stereocenters. The van der Waals surface area contributed by atoms with Crippen molar-refractivity contribution in [1.29, 1.82) is 0 Å². The molecule has 1 aromatic carbocycles. The van der Waals surface area contributed by atoms with Crippen LogP contribution in [-0.4, -0.2) is 30.5 Å². The molecule has 1 aliphatic heterocycles. The molecule has 0 radical (unpaired) electrons. The van der Waals surface area contributed by atoms with E-state index in [0.717, 1.165) is 12.8 Å². The Hall–Kier alpha value is -1.34. The number of amidine groups is 1. The largest absolute Gasteiger partial charge is 0.273 e. The molecule has 0 aliphatic carbocycles. The highest BCUT2D eigenvalue weighted by molar-refractivity contribution is 8.16. The van der Waals surface area contributed by atoms with Gasteiger partial charge in [0.25, 0.3) is 10.0 Å². The summed E-state index contributed by atoms with van der Waals surface area (Å²) in [5, 5.41) is -0.00986. The van der Waals surface area contributed by atoms with Gasteiger partial charge in [0.15, 0.2) is 5.17 Å². The summed E-state index contributed by atoms with van der Waals surface area (Å²) in [6.07, 6.45) is 3.04. The minimum Gasteiger partial charge on any atom is -0.273 e. The predicted octanol–water partition coefficient (Wildman–Crippen LogP) is 3.42. The van der Waals surface area contributed by atoms with Crippen molar-refractivity contribution >= 4 is 38.5 Å². The van der Waals surface area contributed by atoms with Crippen molar-refractivity contribution in [3.05, 3.63) is 30.3 Å². The first kappa shape index (κ1) is 18.0. The number of anilines is 1. The molecule has 1 amide bonds. The number of hydrogen-bond donors (Lipinski definition) is 0. The van der Waals surface area contributed by atoms with Gasteiger partial charge in [0, 0.05) is 0 Å². The van der Waals surface area contributed by atoms with Gasteiger partial charge in [0.1, 0.15) is 0 Å². The molecule has 0 saturated carbocycles. The van der Waals surface area contributed by atoms with Crippen molar-refractivity contribution in [2.24, 2.45) is 4.40 Å². The highest BCUT2D eigenvalue weighted by atomic mass is 32.2. The Morgan fingerprint density at radius 1 is 1.17 bits per heavy atom. The van der Waals surface area contributed by atoms with Crippen LogP contribution in [0.5, 0.6) is 0 Å². The third-order valence-electron chi connectivity index (χ3n) is 3.54. The van der Waals surface area contributed by atoms with Crippen molar-refractivity contribution in [1.82, 2.24) is 0 Å². The number of carbonyl (C=O) groups excluding carboxylic acids is 1. The summed E-state index contributed by atoms with van der Waals surface area (Å²) in [4.78, 5) is 13.9. The van der Waals surface area contributed by atoms with Crippen molar-refractivity contribution in [3.63, 3.8) is 0 Å². The fourth-order valence-corrected chi connectivity index (χ4v) is 4.72. The average Bonchev–Trinajstić information content (AvgIpc) is 2.83. The van der Waals surface area contributed by atoms with E-state index in [9.17, 15) is 13.2 Å². The molecule has 1 aromatic rings. The van der Waals surface area contributed by atoms with E-state index in [1.807, 2.05) is 32.0 Å². The van der Waals surface area contributed by atoms with Crippen LogP contribution in [0.15, 0.2) is 34.7 Å². The van der Waals surface area contributed by atoms with Crippen LogP contribution in [0.4, 0.5) is 5.69 Å². The first-order valence-corrected chi connectivity index (χ1v) is 10.4. The lowest BCUT2D eigenvalue weighted by Crippen LogP contribution is -2.32. The summed E-state index contributed by atoms with van der Waals surface area (Å²) >= 11 is 1.24. The molecule has 0 spiro atoms. The molecule has 0 aromatic heterocycles. The number of rotatable bonds is 7. The van der Waals surface area contributed by atoms with Crippen LogP contribution in [0, 0.1) is 0 Å². The molecule has 1 heterocycles. The fraction of sp³-hybridized carbons (Fsp3) is 0.500. The molecule has 0 bridgehead atoms. The zero-order valence-electron chi connectivity index (χ0n) is 13.4. The Kier molecular flexibility index (Phi) is 6.24. The Morgan fingerprint density at radius 2 is 1.87 bits per heavy atom. The number of thioether (sulfide) groups is 1. The molecule has 1 saturated heterocycles. The van der Waals surface area contributed by atoms with Gasteiger partial charge in [-0.05, 0) is 25.0 Å². The highest BCUT2D eigenvalue weighted by Gasteiger charge is 2.38. The number of nitrogens with zero attached hydrogens (tertiary/aromatic N) is 2. The van der Waals surface area contributed by atoms with Gasteiger partial charge in [-0.25, -0.2) is 8.42 Å². The zero-order valence-corrected chi connectivity index (χ0v) is 15.1. The normalized spacial score (nSPS) is 20.4. The number of hydrogen-bond acceptors (Lipinski definition) is 4. The second kappa shape index (κ2) is 7.97. The zero-order chi connectivity index (χ0) is 16.9. The Bertz CT molecular complexity index is 672. The molecular weight excluding hydrogens is 332 g/mol. The average molecular weight is 354 g/mol. The van der Waals surface area contributed by atoms with Crippen molar-refractivity contribution in [3.8, 4) is 0 Å². The number of para-hydroxylation sites is 1. The summed E-state index contributed by atoms with van der Waals surface area (Å²) in [6.45, 7) is 3.93. The van der Waals surface area contributed by atoms with Crippen LogP contribution in [-0.2, 0) is 14.8 Å². The topological polar surface area (TPSA) is 66.8 Å². The third-order valence-corrected chi connectivity index (χ3v) is 6.22. The Labute approximate surface area is 142 Å². The number of sulfonamides is 1. The minimum atomic E-state index is -3.56. The van der Waals surface area contributed by atoms with E-state index in [4.69, 9.17) is 0 Å². The molecule has 23 heavy (non-hydrogen) atoms. The summed E-state index contributed by atoms with van der Waals surface area (Å²) in [5.74, 6) is -0.0791. The molecule has 0 unspecified atom stereocenters.